The van der Waals surface area contributed by atoms with Crippen LogP contribution in [0.2, 0.25) is 10.0 Å². The molecule has 54 heavy (non-hydrogen) atoms. The highest BCUT2D eigenvalue weighted by atomic mass is 35.5. The second kappa shape index (κ2) is 17.1. The average molecular weight is 806 g/mol. The van der Waals surface area contributed by atoms with Gasteiger partial charge in [-0.15, -0.1) is 0 Å². The van der Waals surface area contributed by atoms with Gasteiger partial charge in [-0.05, 0) is 79.6 Å². The number of imide groups is 1. The van der Waals surface area contributed by atoms with Crippen LogP contribution in [0.25, 0.3) is 0 Å². The Labute approximate surface area is 321 Å². The summed E-state index contributed by atoms with van der Waals surface area (Å²) in [7, 11) is -3.87. The molecule has 3 heterocycles. The van der Waals surface area contributed by atoms with E-state index in [1.807, 2.05) is 0 Å². The second-order valence-electron chi connectivity index (χ2n) is 12.7. The number of aromatic nitrogens is 2. The number of benzene rings is 1. The van der Waals surface area contributed by atoms with E-state index in [1.54, 1.807) is 19.1 Å². The third-order valence-electron chi connectivity index (χ3n) is 8.61. The lowest BCUT2D eigenvalue weighted by molar-refractivity contribution is -0.147. The van der Waals surface area contributed by atoms with Crippen LogP contribution in [0.15, 0.2) is 84.7 Å². The van der Waals surface area contributed by atoms with Crippen LogP contribution >= 0.6 is 23.2 Å². The number of hydrogen-bond donors (Lipinski definition) is 0. The molecule has 2 aromatic heterocycles. The van der Waals surface area contributed by atoms with Gasteiger partial charge in [0.15, 0.2) is 5.76 Å². The zero-order chi connectivity index (χ0) is 39.3. The van der Waals surface area contributed by atoms with Gasteiger partial charge in [0.25, 0.3) is 11.8 Å². The smallest absolute Gasteiger partial charge is 0.387 e. The van der Waals surface area contributed by atoms with Crippen LogP contribution in [0.4, 0.5) is 14.5 Å². The molecule has 1 aliphatic carbocycles. The van der Waals surface area contributed by atoms with Gasteiger partial charge in [0.2, 0.25) is 10.0 Å². The van der Waals surface area contributed by atoms with Gasteiger partial charge in [-0.25, -0.2) is 8.42 Å². The summed E-state index contributed by atoms with van der Waals surface area (Å²) in [6, 6.07) is 7.47. The van der Waals surface area contributed by atoms with Crippen LogP contribution in [0.3, 0.4) is 0 Å². The highest BCUT2D eigenvalue weighted by Gasteiger charge is 2.38. The number of hydrogen-bond acceptors (Lipinski definition) is 10. The van der Waals surface area contributed by atoms with Crippen molar-refractivity contribution in [2.45, 2.75) is 52.4 Å². The first-order chi connectivity index (χ1) is 25.5. The molecule has 0 unspecified atom stereocenters. The Morgan fingerprint density at radius 2 is 1.78 bits per heavy atom. The van der Waals surface area contributed by atoms with Crippen molar-refractivity contribution in [3.05, 3.63) is 123 Å². The Bertz CT molecular complexity index is 2120. The van der Waals surface area contributed by atoms with Gasteiger partial charge in [-0.2, -0.15) is 8.78 Å². The number of fused-ring (bicyclic) bond motifs is 1. The third kappa shape index (κ3) is 10.0. The first-order valence-corrected chi connectivity index (χ1v) is 19.1. The number of esters is 1. The van der Waals surface area contributed by atoms with Crippen LogP contribution in [-0.4, -0.2) is 73.2 Å². The number of sulfonamides is 1. The summed E-state index contributed by atoms with van der Waals surface area (Å²) >= 11 is 12.7. The molecule has 0 bridgehead atoms. The van der Waals surface area contributed by atoms with Gasteiger partial charge in [-0.1, -0.05) is 41.9 Å². The quantitative estimate of drug-likeness (QED) is 0.0617. The van der Waals surface area contributed by atoms with E-state index in [-0.39, 0.29) is 56.9 Å². The molecule has 1 aliphatic heterocycles. The molecule has 0 spiro atoms. The second-order valence-corrected chi connectivity index (χ2v) is 15.4. The van der Waals surface area contributed by atoms with Crippen LogP contribution in [0.1, 0.15) is 57.3 Å². The highest BCUT2D eigenvalue weighted by Crippen LogP contribution is 2.32. The Morgan fingerprint density at radius 3 is 2.41 bits per heavy atom. The number of allylic oxidation sites excluding steroid dienone is 2. The molecule has 17 heteroatoms. The first-order valence-electron chi connectivity index (χ1n) is 16.5. The SMILES string of the molecule is C=C(/C=C\C(OC(F)F)=C(/C)OCC1CC1)[C@H](Cc1c(Cl)cncc1Cl)OC(=O)CN1C(=O)c2ccc(N(Cc3ncccc3C)S(C)(=O)=O)cc2C1=O. The van der Waals surface area contributed by atoms with Crippen LogP contribution in [-0.2, 0) is 42.0 Å². The summed E-state index contributed by atoms with van der Waals surface area (Å²) in [5.74, 6) is -2.50. The summed E-state index contributed by atoms with van der Waals surface area (Å²) in [5.41, 5.74) is 1.60. The minimum Gasteiger partial charge on any atom is -0.494 e. The topological polar surface area (TPSA) is 145 Å². The fraction of sp³-hybridized carbons (Fsp3) is 0.324. The fourth-order valence-electron chi connectivity index (χ4n) is 5.41. The molecule has 5 rings (SSSR count). The molecule has 1 saturated carbocycles. The maximum Gasteiger partial charge on any atom is 0.387 e. The third-order valence-corrected chi connectivity index (χ3v) is 10.4. The molecule has 1 aromatic carbocycles. The molecular formula is C37H36Cl2F2N4O8S. The van der Waals surface area contributed by atoms with Gasteiger partial charge in [0.1, 0.15) is 18.4 Å². The molecule has 2 aliphatic rings. The Morgan fingerprint density at radius 1 is 1.09 bits per heavy atom. The van der Waals surface area contributed by atoms with E-state index >= 15 is 0 Å². The van der Waals surface area contributed by atoms with Crippen molar-refractivity contribution >= 4 is 56.7 Å². The van der Waals surface area contributed by atoms with Crippen LogP contribution in [0, 0.1) is 12.8 Å². The van der Waals surface area contributed by atoms with E-state index in [0.717, 1.165) is 29.0 Å². The molecule has 0 radical (unpaired) electrons. The zero-order valence-corrected chi connectivity index (χ0v) is 31.8. The van der Waals surface area contributed by atoms with Gasteiger partial charge in [0.05, 0.1) is 52.0 Å². The minimum atomic E-state index is -3.87. The Hall–Kier alpha value is -4.86. The van der Waals surface area contributed by atoms with Gasteiger partial charge >= 0.3 is 12.6 Å². The van der Waals surface area contributed by atoms with Crippen molar-refractivity contribution in [1.82, 2.24) is 14.9 Å². The Balaban J connectivity index is 1.36. The summed E-state index contributed by atoms with van der Waals surface area (Å²) in [4.78, 5) is 49.2. The number of pyridine rings is 2. The van der Waals surface area contributed by atoms with Crippen LogP contribution < -0.4 is 4.31 Å². The molecule has 286 valence electrons. The fourth-order valence-corrected chi connectivity index (χ4v) is 6.79. The Kier molecular flexibility index (Phi) is 12.8. The maximum atomic E-state index is 13.6. The largest absolute Gasteiger partial charge is 0.494 e. The minimum absolute atomic E-state index is 0.0455. The number of carbonyl (C=O) groups excluding carboxylic acids is 3. The number of aryl methyl sites for hydroxylation is 1. The normalized spacial score (nSPS) is 15.3. The molecule has 2 amide bonds. The molecule has 0 saturated heterocycles. The van der Waals surface area contributed by atoms with Crippen molar-refractivity contribution in [1.29, 1.82) is 0 Å². The van der Waals surface area contributed by atoms with Crippen molar-refractivity contribution in [2.75, 3.05) is 23.7 Å². The van der Waals surface area contributed by atoms with Crippen molar-refractivity contribution < 1.29 is 45.8 Å². The number of ether oxygens (including phenoxy) is 3. The number of carbonyl (C=O) groups is 3. The lowest BCUT2D eigenvalue weighted by atomic mass is 10.0. The number of anilines is 1. The lowest BCUT2D eigenvalue weighted by Gasteiger charge is -2.23. The molecular weight excluding hydrogens is 769 g/mol. The zero-order valence-electron chi connectivity index (χ0n) is 29.4. The highest BCUT2D eigenvalue weighted by molar-refractivity contribution is 7.92. The van der Waals surface area contributed by atoms with E-state index < -0.39 is 47.1 Å². The van der Waals surface area contributed by atoms with Crippen molar-refractivity contribution in [3.8, 4) is 0 Å². The molecule has 1 fully saturated rings. The number of rotatable bonds is 17. The van der Waals surface area contributed by atoms with Gasteiger partial charge in [0, 0.05) is 25.0 Å². The summed E-state index contributed by atoms with van der Waals surface area (Å²) in [6.45, 7) is 3.44. The monoisotopic (exact) mass is 804 g/mol. The predicted octanol–water partition coefficient (Wildman–Crippen LogP) is 6.82. The number of amides is 2. The van der Waals surface area contributed by atoms with Gasteiger partial charge in [-0.3, -0.25) is 33.6 Å². The first kappa shape index (κ1) is 40.3. The number of halogens is 4. The van der Waals surface area contributed by atoms with E-state index in [9.17, 15) is 31.6 Å². The number of alkyl halides is 2. The maximum absolute atomic E-state index is 13.6. The van der Waals surface area contributed by atoms with E-state index in [1.165, 1.54) is 55.9 Å². The van der Waals surface area contributed by atoms with Crippen molar-refractivity contribution in [3.63, 3.8) is 0 Å². The lowest BCUT2D eigenvalue weighted by Crippen LogP contribution is -2.37. The molecule has 3 aromatic rings. The molecule has 12 nitrogen and oxygen atoms in total. The standard InChI is InChI=1S/C37H36Cl2F2N4O8S/c1-21-6-5-13-43-31(21)18-45(54(4,49)50)25-10-11-26-27(14-25)36(48)44(35(26)47)19-34(46)52-33(15-28-29(38)16-42-17-30(28)39)22(2)7-12-32(53-37(40)41)23(3)51-20-24-8-9-24/h5-7,10-14,16-17,24,33,37H,2,8-9,15,18-20H2,1,3-4H3/b12-7-,32-23-/t33-/m0/s1. The molecule has 0 N–H and O–H groups in total. The van der Waals surface area contributed by atoms with Gasteiger partial charge < -0.3 is 14.2 Å². The summed E-state index contributed by atoms with van der Waals surface area (Å²) in [6.07, 6.45) is 8.27. The number of nitrogens with zero attached hydrogens (tertiary/aromatic N) is 4. The van der Waals surface area contributed by atoms with Crippen LogP contribution in [0.5, 0.6) is 0 Å². The average Bonchev–Trinajstić information content (AvgIpc) is 3.92. The summed E-state index contributed by atoms with van der Waals surface area (Å²) in [5, 5.41) is 0.285. The van der Waals surface area contributed by atoms with E-state index in [2.05, 4.69) is 21.3 Å². The van der Waals surface area contributed by atoms with E-state index in [4.69, 9.17) is 32.7 Å². The summed E-state index contributed by atoms with van der Waals surface area (Å²) < 4.78 is 69.3. The molecule has 1 atom stereocenters. The predicted molar refractivity (Wildman–Crippen MR) is 196 cm³/mol. The van der Waals surface area contributed by atoms with Crippen molar-refractivity contribution in [2.24, 2.45) is 5.92 Å². The van der Waals surface area contributed by atoms with E-state index in [0.29, 0.717) is 28.7 Å².